The van der Waals surface area contributed by atoms with E-state index in [2.05, 4.69) is 15.3 Å². The number of hydrogen-bond acceptors (Lipinski definition) is 5. The summed E-state index contributed by atoms with van der Waals surface area (Å²) in [6.45, 7) is 2.34. The summed E-state index contributed by atoms with van der Waals surface area (Å²) in [5.41, 5.74) is 7.66. The fourth-order valence-electron chi connectivity index (χ4n) is 3.28. The number of aromatic nitrogens is 1. The number of fused-ring (bicyclic) bond motifs is 1. The Bertz CT molecular complexity index is 1060. The number of aliphatic imine (C=N–C) groups is 1. The van der Waals surface area contributed by atoms with Crippen LogP contribution in [0.25, 0.3) is 10.9 Å². The number of pyridine rings is 1. The minimum Gasteiger partial charge on any atom is -0.386 e. The first-order chi connectivity index (χ1) is 12.9. The zero-order valence-electron chi connectivity index (χ0n) is 14.7. The SMILES string of the molecule is CC1(c2cc(Nc3cccc4cc(Cl)cnc34)ccc2F)COCC(N)=N1. The van der Waals surface area contributed by atoms with Gasteiger partial charge >= 0.3 is 0 Å². The second-order valence-corrected chi connectivity index (χ2v) is 7.16. The summed E-state index contributed by atoms with van der Waals surface area (Å²) in [4.78, 5) is 8.83. The van der Waals surface area contributed by atoms with E-state index in [1.807, 2.05) is 31.2 Å². The molecule has 0 saturated heterocycles. The van der Waals surface area contributed by atoms with Crippen molar-refractivity contribution in [3.8, 4) is 0 Å². The number of nitrogens with two attached hydrogens (primary N) is 1. The highest BCUT2D eigenvalue weighted by Gasteiger charge is 2.32. The van der Waals surface area contributed by atoms with Crippen molar-refractivity contribution in [3.05, 3.63) is 65.1 Å². The molecule has 0 fully saturated rings. The summed E-state index contributed by atoms with van der Waals surface area (Å²) in [5, 5.41) is 4.80. The fraction of sp³-hybridized carbons (Fsp3) is 0.200. The lowest BCUT2D eigenvalue weighted by molar-refractivity contribution is 0.104. The van der Waals surface area contributed by atoms with Gasteiger partial charge in [-0.1, -0.05) is 23.7 Å². The average Bonchev–Trinajstić information content (AvgIpc) is 2.63. The third kappa shape index (κ3) is 3.46. The maximum absolute atomic E-state index is 14.5. The van der Waals surface area contributed by atoms with Crippen molar-refractivity contribution < 1.29 is 9.13 Å². The number of hydrogen-bond donors (Lipinski definition) is 2. The predicted molar refractivity (Wildman–Crippen MR) is 106 cm³/mol. The summed E-state index contributed by atoms with van der Waals surface area (Å²) >= 11 is 6.02. The van der Waals surface area contributed by atoms with E-state index in [1.54, 1.807) is 18.3 Å². The lowest BCUT2D eigenvalue weighted by Gasteiger charge is -2.30. The molecule has 138 valence electrons. The van der Waals surface area contributed by atoms with Crippen LogP contribution in [0.5, 0.6) is 0 Å². The van der Waals surface area contributed by atoms with Crippen LogP contribution in [0, 0.1) is 5.82 Å². The minimum absolute atomic E-state index is 0.263. The van der Waals surface area contributed by atoms with Gasteiger partial charge in [0.25, 0.3) is 0 Å². The highest BCUT2D eigenvalue weighted by Crippen LogP contribution is 2.34. The molecule has 1 atom stereocenters. The number of amidine groups is 1. The molecule has 0 saturated carbocycles. The Labute approximate surface area is 161 Å². The number of nitrogens with zero attached hydrogens (tertiary/aromatic N) is 2. The number of anilines is 2. The van der Waals surface area contributed by atoms with Gasteiger partial charge in [0.1, 0.15) is 23.8 Å². The van der Waals surface area contributed by atoms with Crippen LogP contribution in [0.15, 0.2) is 53.7 Å². The van der Waals surface area contributed by atoms with E-state index in [9.17, 15) is 4.39 Å². The molecule has 5 nitrogen and oxygen atoms in total. The normalized spacial score (nSPS) is 19.7. The quantitative estimate of drug-likeness (QED) is 0.703. The van der Waals surface area contributed by atoms with Gasteiger partial charge in [-0.3, -0.25) is 9.98 Å². The molecule has 2 aromatic carbocycles. The molecule has 2 heterocycles. The van der Waals surface area contributed by atoms with Crippen molar-refractivity contribution in [1.82, 2.24) is 4.98 Å². The van der Waals surface area contributed by atoms with Crippen LogP contribution >= 0.6 is 11.6 Å². The maximum atomic E-state index is 14.5. The Hall–Kier alpha value is -2.70. The Morgan fingerprint density at radius 3 is 2.93 bits per heavy atom. The van der Waals surface area contributed by atoms with Gasteiger partial charge in [-0.15, -0.1) is 0 Å². The summed E-state index contributed by atoms with van der Waals surface area (Å²) in [5.74, 6) is 0.00423. The van der Waals surface area contributed by atoms with Gasteiger partial charge in [-0.25, -0.2) is 4.39 Å². The van der Waals surface area contributed by atoms with Crippen LogP contribution in [-0.4, -0.2) is 24.0 Å². The third-order valence-corrected chi connectivity index (χ3v) is 4.73. The van der Waals surface area contributed by atoms with Gasteiger partial charge in [0, 0.05) is 22.8 Å². The first-order valence-corrected chi connectivity index (χ1v) is 8.86. The standard InChI is InChI=1S/C20H18ClFN4O/c1-20(11-27-10-18(23)26-20)15-8-14(5-6-16(15)22)25-17-4-2-3-12-7-13(21)9-24-19(12)17/h2-9,25H,10-11H2,1H3,(H2,23,26). The lowest BCUT2D eigenvalue weighted by atomic mass is 9.91. The van der Waals surface area contributed by atoms with Crippen molar-refractivity contribution in [2.24, 2.45) is 10.7 Å². The first kappa shape index (κ1) is 17.7. The Morgan fingerprint density at radius 1 is 1.26 bits per heavy atom. The molecule has 3 N–H and O–H groups in total. The van der Waals surface area contributed by atoms with Crippen LogP contribution in [-0.2, 0) is 10.3 Å². The molecule has 1 aromatic heterocycles. The van der Waals surface area contributed by atoms with E-state index in [4.69, 9.17) is 22.1 Å². The smallest absolute Gasteiger partial charge is 0.129 e. The Balaban J connectivity index is 1.73. The molecule has 0 spiro atoms. The van der Waals surface area contributed by atoms with E-state index in [0.717, 1.165) is 22.3 Å². The summed E-state index contributed by atoms with van der Waals surface area (Å²) in [7, 11) is 0. The fourth-order valence-corrected chi connectivity index (χ4v) is 3.45. The van der Waals surface area contributed by atoms with Crippen LogP contribution in [0.2, 0.25) is 5.02 Å². The average molecular weight is 385 g/mol. The number of ether oxygens (including phenoxy) is 1. The van der Waals surface area contributed by atoms with Gasteiger partial charge in [0.2, 0.25) is 0 Å². The molecule has 27 heavy (non-hydrogen) atoms. The maximum Gasteiger partial charge on any atom is 0.129 e. The number of halogens is 2. The molecule has 1 aliphatic rings. The predicted octanol–water partition coefficient (Wildman–Crippen LogP) is 4.37. The Kier molecular flexibility index (Phi) is 4.45. The molecule has 3 aromatic rings. The minimum atomic E-state index is -0.866. The van der Waals surface area contributed by atoms with Crippen molar-refractivity contribution in [3.63, 3.8) is 0 Å². The summed E-state index contributed by atoms with van der Waals surface area (Å²) in [6.07, 6.45) is 1.60. The van der Waals surface area contributed by atoms with Crippen molar-refractivity contribution in [1.29, 1.82) is 0 Å². The van der Waals surface area contributed by atoms with Gasteiger partial charge in [0.15, 0.2) is 0 Å². The molecular weight excluding hydrogens is 367 g/mol. The Morgan fingerprint density at radius 2 is 2.11 bits per heavy atom. The topological polar surface area (TPSA) is 72.5 Å². The van der Waals surface area contributed by atoms with Crippen LogP contribution in [0.3, 0.4) is 0 Å². The number of nitrogens with one attached hydrogen (secondary N) is 1. The molecule has 0 bridgehead atoms. The molecule has 4 rings (SSSR count). The monoisotopic (exact) mass is 384 g/mol. The second kappa shape index (κ2) is 6.79. The number of rotatable bonds is 3. The third-order valence-electron chi connectivity index (χ3n) is 4.53. The van der Waals surface area contributed by atoms with Crippen molar-refractivity contribution >= 4 is 39.7 Å². The van der Waals surface area contributed by atoms with Crippen LogP contribution in [0.1, 0.15) is 12.5 Å². The van der Waals surface area contributed by atoms with E-state index >= 15 is 0 Å². The van der Waals surface area contributed by atoms with Crippen molar-refractivity contribution in [2.75, 3.05) is 18.5 Å². The van der Waals surface area contributed by atoms with E-state index < -0.39 is 5.54 Å². The number of para-hydroxylation sites is 1. The molecule has 0 aliphatic carbocycles. The second-order valence-electron chi connectivity index (χ2n) is 6.72. The van der Waals surface area contributed by atoms with Gasteiger partial charge in [-0.05, 0) is 37.3 Å². The highest BCUT2D eigenvalue weighted by atomic mass is 35.5. The summed E-state index contributed by atoms with van der Waals surface area (Å²) in [6, 6.07) is 12.4. The molecule has 1 aliphatic heterocycles. The van der Waals surface area contributed by atoms with E-state index in [-0.39, 0.29) is 19.0 Å². The summed E-state index contributed by atoms with van der Waals surface area (Å²) < 4.78 is 20.0. The van der Waals surface area contributed by atoms with Crippen LogP contribution in [0.4, 0.5) is 15.8 Å². The lowest BCUT2D eigenvalue weighted by Crippen LogP contribution is -2.38. The molecular formula is C20H18ClFN4O. The van der Waals surface area contributed by atoms with Gasteiger partial charge in [0.05, 0.1) is 22.8 Å². The zero-order valence-corrected chi connectivity index (χ0v) is 15.4. The highest BCUT2D eigenvalue weighted by molar-refractivity contribution is 6.31. The van der Waals surface area contributed by atoms with Crippen molar-refractivity contribution in [2.45, 2.75) is 12.5 Å². The van der Waals surface area contributed by atoms with E-state index in [1.165, 1.54) is 6.07 Å². The van der Waals surface area contributed by atoms with Gasteiger partial charge in [-0.2, -0.15) is 0 Å². The molecule has 0 amide bonds. The zero-order chi connectivity index (χ0) is 19.0. The molecule has 0 radical (unpaired) electrons. The number of benzene rings is 2. The largest absolute Gasteiger partial charge is 0.386 e. The molecule has 7 heteroatoms. The van der Waals surface area contributed by atoms with Gasteiger partial charge < -0.3 is 15.8 Å². The van der Waals surface area contributed by atoms with E-state index in [0.29, 0.717) is 16.4 Å². The first-order valence-electron chi connectivity index (χ1n) is 8.48. The molecule has 1 unspecified atom stereocenters. The van der Waals surface area contributed by atoms with Crippen LogP contribution < -0.4 is 11.1 Å².